The van der Waals surface area contributed by atoms with Gasteiger partial charge in [0.15, 0.2) is 0 Å². The average molecular weight is 292 g/mol. The number of carbonyl (C=O) groups excluding carboxylic acids is 1. The summed E-state index contributed by atoms with van der Waals surface area (Å²) in [6.07, 6.45) is 0. The third-order valence-electron chi connectivity index (χ3n) is 4.01. The monoisotopic (exact) mass is 292 g/mol. The van der Waals surface area contributed by atoms with Gasteiger partial charge in [0.25, 0.3) is 5.91 Å². The van der Waals surface area contributed by atoms with E-state index in [9.17, 15) is 4.79 Å². The smallest absolute Gasteiger partial charge is 0.260 e. The van der Waals surface area contributed by atoms with E-state index in [0.717, 1.165) is 34.6 Å². The van der Waals surface area contributed by atoms with E-state index in [1.807, 2.05) is 30.3 Å². The quantitative estimate of drug-likeness (QED) is 0.833. The molecule has 2 N–H and O–H groups in total. The van der Waals surface area contributed by atoms with Crippen LogP contribution in [0.25, 0.3) is 11.3 Å². The fourth-order valence-electron chi connectivity index (χ4n) is 3.00. The summed E-state index contributed by atoms with van der Waals surface area (Å²) in [5.41, 5.74) is 5.53. The van der Waals surface area contributed by atoms with Crippen molar-refractivity contribution in [3.8, 4) is 0 Å². The second-order valence-corrected chi connectivity index (χ2v) is 5.39. The molecule has 22 heavy (non-hydrogen) atoms. The SMILES string of the molecule is CCNc1ccc2c(c1)/C(=C1\C(=O)Nc3ccccc31)OC2. The standard InChI is InChI=1S/C18H16N2O2/c1-2-19-12-8-7-11-10-22-17(14(11)9-12)16-13-5-3-4-6-15(13)20-18(16)21/h3-9,19H,2,10H2,1H3,(H,20,21)/b17-16+. The second-order valence-electron chi connectivity index (χ2n) is 5.39. The minimum atomic E-state index is -0.0992. The Balaban J connectivity index is 1.89. The number of para-hydroxylation sites is 1. The number of amides is 1. The number of hydrogen-bond donors (Lipinski definition) is 2. The van der Waals surface area contributed by atoms with Crippen molar-refractivity contribution in [1.29, 1.82) is 0 Å². The van der Waals surface area contributed by atoms with Gasteiger partial charge in [0.05, 0.1) is 5.57 Å². The van der Waals surface area contributed by atoms with Crippen molar-refractivity contribution in [3.63, 3.8) is 0 Å². The average Bonchev–Trinajstić information content (AvgIpc) is 3.07. The summed E-state index contributed by atoms with van der Waals surface area (Å²) in [7, 11) is 0. The summed E-state index contributed by atoms with van der Waals surface area (Å²) in [6.45, 7) is 3.43. The second kappa shape index (κ2) is 4.91. The van der Waals surface area contributed by atoms with Crippen LogP contribution >= 0.6 is 0 Å². The van der Waals surface area contributed by atoms with Gasteiger partial charge in [-0.05, 0) is 25.1 Å². The van der Waals surface area contributed by atoms with Gasteiger partial charge in [-0.1, -0.05) is 24.3 Å². The summed E-state index contributed by atoms with van der Waals surface area (Å²) in [5, 5.41) is 6.20. The molecule has 2 aliphatic rings. The molecule has 1 amide bonds. The first-order chi connectivity index (χ1) is 10.8. The summed E-state index contributed by atoms with van der Waals surface area (Å²) < 4.78 is 5.86. The maximum atomic E-state index is 12.4. The highest BCUT2D eigenvalue weighted by Gasteiger charge is 2.32. The summed E-state index contributed by atoms with van der Waals surface area (Å²) in [4.78, 5) is 12.4. The van der Waals surface area contributed by atoms with Gasteiger partial charge in [-0.2, -0.15) is 0 Å². The molecule has 110 valence electrons. The number of benzene rings is 2. The first-order valence-electron chi connectivity index (χ1n) is 7.43. The molecule has 2 aliphatic heterocycles. The molecule has 2 aromatic carbocycles. The van der Waals surface area contributed by atoms with Gasteiger partial charge >= 0.3 is 0 Å². The van der Waals surface area contributed by atoms with E-state index >= 15 is 0 Å². The number of anilines is 2. The van der Waals surface area contributed by atoms with Gasteiger partial charge in [-0.15, -0.1) is 0 Å². The molecule has 0 spiro atoms. The van der Waals surface area contributed by atoms with Crippen molar-refractivity contribution in [2.75, 3.05) is 17.2 Å². The van der Waals surface area contributed by atoms with Gasteiger partial charge < -0.3 is 15.4 Å². The molecule has 0 unspecified atom stereocenters. The Morgan fingerprint density at radius 2 is 2.05 bits per heavy atom. The molecule has 4 nitrogen and oxygen atoms in total. The number of carbonyl (C=O) groups is 1. The minimum Gasteiger partial charge on any atom is -0.487 e. The molecule has 0 saturated heterocycles. The third-order valence-corrected chi connectivity index (χ3v) is 4.01. The topological polar surface area (TPSA) is 50.4 Å². The Kier molecular flexibility index (Phi) is 2.89. The molecule has 0 bridgehead atoms. The van der Waals surface area contributed by atoms with E-state index < -0.39 is 0 Å². The zero-order valence-corrected chi connectivity index (χ0v) is 12.3. The number of rotatable bonds is 2. The van der Waals surface area contributed by atoms with Crippen LogP contribution in [0.15, 0.2) is 42.5 Å². The Bertz CT molecular complexity index is 808. The van der Waals surface area contributed by atoms with Crippen LogP contribution < -0.4 is 10.6 Å². The molecular formula is C18H16N2O2. The maximum absolute atomic E-state index is 12.4. The summed E-state index contributed by atoms with van der Waals surface area (Å²) in [6, 6.07) is 13.9. The van der Waals surface area contributed by atoms with Crippen molar-refractivity contribution in [1.82, 2.24) is 0 Å². The lowest BCUT2D eigenvalue weighted by Gasteiger charge is -2.07. The lowest BCUT2D eigenvalue weighted by molar-refractivity contribution is -0.110. The molecule has 0 atom stereocenters. The van der Waals surface area contributed by atoms with Gasteiger partial charge in [0.2, 0.25) is 0 Å². The molecule has 4 heteroatoms. The molecule has 0 saturated carbocycles. The molecule has 4 rings (SSSR count). The first-order valence-corrected chi connectivity index (χ1v) is 7.43. The van der Waals surface area contributed by atoms with E-state index in [1.165, 1.54) is 0 Å². The van der Waals surface area contributed by atoms with Crippen LogP contribution in [0.1, 0.15) is 23.6 Å². The van der Waals surface area contributed by atoms with E-state index in [2.05, 4.69) is 29.7 Å². The van der Waals surface area contributed by atoms with Crippen LogP contribution in [-0.4, -0.2) is 12.5 Å². The van der Waals surface area contributed by atoms with E-state index in [-0.39, 0.29) is 5.91 Å². The van der Waals surface area contributed by atoms with Gasteiger partial charge in [-0.25, -0.2) is 0 Å². The molecule has 2 heterocycles. The predicted octanol–water partition coefficient (Wildman–Crippen LogP) is 3.47. The van der Waals surface area contributed by atoms with Gasteiger partial charge in [-0.3, -0.25) is 4.79 Å². The third kappa shape index (κ3) is 1.88. The zero-order valence-electron chi connectivity index (χ0n) is 12.3. The molecule has 0 fully saturated rings. The highest BCUT2D eigenvalue weighted by atomic mass is 16.5. The Hall–Kier alpha value is -2.75. The van der Waals surface area contributed by atoms with Crippen LogP contribution in [0, 0.1) is 0 Å². The molecular weight excluding hydrogens is 276 g/mol. The largest absolute Gasteiger partial charge is 0.487 e. The van der Waals surface area contributed by atoms with Crippen molar-refractivity contribution in [2.45, 2.75) is 13.5 Å². The van der Waals surface area contributed by atoms with Crippen molar-refractivity contribution < 1.29 is 9.53 Å². The van der Waals surface area contributed by atoms with Crippen molar-refractivity contribution in [2.24, 2.45) is 0 Å². The number of hydrogen-bond acceptors (Lipinski definition) is 3. The minimum absolute atomic E-state index is 0.0992. The normalized spacial score (nSPS) is 18.5. The van der Waals surface area contributed by atoms with Crippen LogP contribution in [-0.2, 0) is 16.1 Å². The Morgan fingerprint density at radius 1 is 1.18 bits per heavy atom. The fourth-order valence-corrected chi connectivity index (χ4v) is 3.00. The molecule has 0 radical (unpaired) electrons. The zero-order chi connectivity index (χ0) is 15.1. The van der Waals surface area contributed by atoms with Crippen LogP contribution in [0.2, 0.25) is 0 Å². The summed E-state index contributed by atoms with van der Waals surface area (Å²) >= 11 is 0. The van der Waals surface area contributed by atoms with Crippen LogP contribution in [0.3, 0.4) is 0 Å². The maximum Gasteiger partial charge on any atom is 0.260 e. The Labute approximate surface area is 128 Å². The number of fused-ring (bicyclic) bond motifs is 2. The van der Waals surface area contributed by atoms with Gasteiger partial charge in [0.1, 0.15) is 12.4 Å². The summed E-state index contributed by atoms with van der Waals surface area (Å²) in [5.74, 6) is 0.579. The van der Waals surface area contributed by atoms with E-state index in [1.54, 1.807) is 0 Å². The highest BCUT2D eigenvalue weighted by molar-refractivity contribution is 6.36. The van der Waals surface area contributed by atoms with Crippen LogP contribution in [0.5, 0.6) is 0 Å². The lowest BCUT2D eigenvalue weighted by Crippen LogP contribution is -2.05. The van der Waals surface area contributed by atoms with Crippen molar-refractivity contribution in [3.05, 3.63) is 59.2 Å². The Morgan fingerprint density at radius 3 is 2.91 bits per heavy atom. The predicted molar refractivity (Wildman–Crippen MR) is 87.3 cm³/mol. The molecule has 2 aromatic rings. The molecule has 0 aliphatic carbocycles. The van der Waals surface area contributed by atoms with E-state index in [0.29, 0.717) is 17.9 Å². The fraction of sp³-hybridized carbons (Fsp3) is 0.167. The lowest BCUT2D eigenvalue weighted by atomic mass is 10.00. The van der Waals surface area contributed by atoms with Gasteiger partial charge in [0, 0.05) is 34.6 Å². The van der Waals surface area contributed by atoms with Crippen LogP contribution in [0.4, 0.5) is 11.4 Å². The molecule has 0 aromatic heterocycles. The first kappa shape index (κ1) is 13.0. The highest BCUT2D eigenvalue weighted by Crippen LogP contribution is 2.42. The van der Waals surface area contributed by atoms with Crippen molar-refractivity contribution >= 4 is 28.6 Å². The van der Waals surface area contributed by atoms with E-state index in [4.69, 9.17) is 4.74 Å². The number of ether oxygens (including phenoxy) is 1. The number of nitrogens with one attached hydrogen (secondary N) is 2.